The molecule has 0 fully saturated rings. The number of amides is 1. The van der Waals surface area contributed by atoms with Crippen LogP contribution in [0.4, 0.5) is 5.69 Å². The Labute approximate surface area is 127 Å². The van der Waals surface area contributed by atoms with E-state index in [1.165, 1.54) is 0 Å². The minimum absolute atomic E-state index is 0.00591. The lowest BCUT2D eigenvalue weighted by atomic mass is 10.3. The third-order valence-electron chi connectivity index (χ3n) is 2.78. The quantitative estimate of drug-likeness (QED) is 0.849. The number of nitrogens with one attached hydrogen (secondary N) is 1. The van der Waals surface area contributed by atoms with Crippen molar-refractivity contribution in [2.24, 2.45) is 0 Å². The van der Waals surface area contributed by atoms with Crippen molar-refractivity contribution in [3.05, 3.63) is 53.4 Å². The van der Waals surface area contributed by atoms with Gasteiger partial charge in [0.05, 0.1) is 17.3 Å². The van der Waals surface area contributed by atoms with E-state index < -0.39 is 0 Å². The first-order chi connectivity index (χ1) is 9.69. The molecule has 0 spiro atoms. The lowest BCUT2D eigenvalue weighted by molar-refractivity contribution is -0.115. The van der Waals surface area contributed by atoms with Crippen LogP contribution in [0.5, 0.6) is 0 Å². The van der Waals surface area contributed by atoms with Gasteiger partial charge in [0.2, 0.25) is 5.91 Å². The van der Waals surface area contributed by atoms with Gasteiger partial charge in [-0.1, -0.05) is 18.5 Å². The number of rotatable bonds is 6. The van der Waals surface area contributed by atoms with Crippen LogP contribution in [-0.2, 0) is 10.5 Å². The first kappa shape index (κ1) is 15.0. The monoisotopic (exact) mass is 309 g/mol. The zero-order valence-electron chi connectivity index (χ0n) is 11.1. The van der Waals surface area contributed by atoms with Crippen LogP contribution in [0.2, 0.25) is 5.02 Å². The Balaban J connectivity index is 1.89. The predicted octanol–water partition coefficient (Wildman–Crippen LogP) is 4.58. The summed E-state index contributed by atoms with van der Waals surface area (Å²) in [6, 6.07) is 10.9. The topological polar surface area (TPSA) is 42.2 Å². The van der Waals surface area contributed by atoms with E-state index in [9.17, 15) is 4.79 Å². The fraction of sp³-hybridized carbons (Fsp3) is 0.267. The van der Waals surface area contributed by atoms with Crippen molar-refractivity contribution in [2.75, 3.05) is 5.32 Å². The minimum Gasteiger partial charge on any atom is -0.468 e. The minimum atomic E-state index is -0.101. The highest BCUT2D eigenvalue weighted by molar-refractivity contribution is 7.99. The van der Waals surface area contributed by atoms with Gasteiger partial charge in [-0.05, 0) is 42.8 Å². The number of halogens is 1. The highest BCUT2D eigenvalue weighted by Gasteiger charge is 2.17. The number of hydrogen-bond donors (Lipinski definition) is 1. The van der Waals surface area contributed by atoms with Crippen LogP contribution in [-0.4, -0.2) is 11.2 Å². The summed E-state index contributed by atoms with van der Waals surface area (Å²) in [4.78, 5) is 12.2. The zero-order valence-corrected chi connectivity index (χ0v) is 12.7. The molecule has 1 N–H and O–H groups in total. The second-order valence-corrected chi connectivity index (χ2v) is 5.91. The molecule has 20 heavy (non-hydrogen) atoms. The molecular formula is C15H16ClNO2S. The van der Waals surface area contributed by atoms with Gasteiger partial charge in [-0.3, -0.25) is 4.79 Å². The van der Waals surface area contributed by atoms with Crippen molar-refractivity contribution in [3.63, 3.8) is 0 Å². The summed E-state index contributed by atoms with van der Waals surface area (Å²) in [6.45, 7) is 2.00. The van der Waals surface area contributed by atoms with Crippen LogP contribution in [0.15, 0.2) is 47.1 Å². The molecule has 2 rings (SSSR count). The highest BCUT2D eigenvalue weighted by atomic mass is 35.5. The van der Waals surface area contributed by atoms with E-state index in [1.54, 1.807) is 42.3 Å². The maximum atomic E-state index is 12.2. The molecule has 0 aliphatic rings. The van der Waals surface area contributed by atoms with Crippen molar-refractivity contribution in [2.45, 2.75) is 24.3 Å². The van der Waals surface area contributed by atoms with E-state index in [0.717, 1.165) is 17.9 Å². The molecule has 5 heteroatoms. The average Bonchev–Trinajstić information content (AvgIpc) is 2.95. The van der Waals surface area contributed by atoms with E-state index >= 15 is 0 Å². The molecule has 0 bridgehead atoms. The third-order valence-corrected chi connectivity index (χ3v) is 4.43. The Morgan fingerprint density at radius 1 is 1.35 bits per heavy atom. The molecule has 1 aromatic carbocycles. The normalized spacial score (nSPS) is 12.1. The number of anilines is 1. The number of carbonyl (C=O) groups is 1. The molecule has 106 valence electrons. The first-order valence-corrected chi connectivity index (χ1v) is 7.82. The van der Waals surface area contributed by atoms with Gasteiger partial charge in [-0.15, -0.1) is 11.8 Å². The van der Waals surface area contributed by atoms with Gasteiger partial charge in [0.15, 0.2) is 0 Å². The van der Waals surface area contributed by atoms with E-state index in [1.807, 2.05) is 19.1 Å². The Bertz CT molecular complexity index is 540. The standard InChI is InChI=1S/C15H16ClNO2S/c1-2-14(20-10-13-4-3-9-19-13)15(18)17-12-7-5-11(16)6-8-12/h3-9,14H,2,10H2,1H3,(H,17,18). The summed E-state index contributed by atoms with van der Waals surface area (Å²) in [7, 11) is 0. The molecule has 0 saturated carbocycles. The lowest BCUT2D eigenvalue weighted by Gasteiger charge is -2.14. The number of hydrogen-bond acceptors (Lipinski definition) is 3. The molecular weight excluding hydrogens is 294 g/mol. The molecule has 1 atom stereocenters. The maximum Gasteiger partial charge on any atom is 0.237 e. The number of benzene rings is 1. The molecule has 0 radical (unpaired) electrons. The van der Waals surface area contributed by atoms with Crippen LogP contribution in [0.1, 0.15) is 19.1 Å². The fourth-order valence-corrected chi connectivity index (χ4v) is 2.81. The Kier molecular flexibility index (Phi) is 5.56. The summed E-state index contributed by atoms with van der Waals surface area (Å²) in [5.74, 6) is 1.58. The van der Waals surface area contributed by atoms with Gasteiger partial charge in [0.25, 0.3) is 0 Å². The highest BCUT2D eigenvalue weighted by Crippen LogP contribution is 2.22. The van der Waals surface area contributed by atoms with Crippen LogP contribution >= 0.6 is 23.4 Å². The molecule has 1 unspecified atom stereocenters. The number of thioether (sulfide) groups is 1. The van der Waals surface area contributed by atoms with E-state index in [2.05, 4.69) is 5.32 Å². The van der Waals surface area contributed by atoms with E-state index in [4.69, 9.17) is 16.0 Å². The van der Waals surface area contributed by atoms with Crippen LogP contribution < -0.4 is 5.32 Å². The third kappa shape index (κ3) is 4.32. The summed E-state index contributed by atoms with van der Waals surface area (Å²) < 4.78 is 5.27. The summed E-state index contributed by atoms with van der Waals surface area (Å²) in [5.41, 5.74) is 0.761. The Hall–Kier alpha value is -1.39. The molecule has 1 aromatic heterocycles. The Morgan fingerprint density at radius 3 is 2.70 bits per heavy atom. The van der Waals surface area contributed by atoms with Crippen molar-refractivity contribution >= 4 is 35.0 Å². The largest absolute Gasteiger partial charge is 0.468 e. The SMILES string of the molecule is CCC(SCc1ccco1)C(=O)Nc1ccc(Cl)cc1. The van der Waals surface area contributed by atoms with Gasteiger partial charge >= 0.3 is 0 Å². The maximum absolute atomic E-state index is 12.2. The van der Waals surface area contributed by atoms with E-state index in [-0.39, 0.29) is 11.2 Å². The van der Waals surface area contributed by atoms with Gasteiger partial charge in [0.1, 0.15) is 5.76 Å². The number of carbonyl (C=O) groups excluding carboxylic acids is 1. The predicted molar refractivity (Wildman–Crippen MR) is 84.2 cm³/mol. The number of furan rings is 1. The molecule has 0 aliphatic carbocycles. The Morgan fingerprint density at radius 2 is 2.10 bits per heavy atom. The smallest absolute Gasteiger partial charge is 0.237 e. The fourth-order valence-electron chi connectivity index (χ4n) is 1.71. The van der Waals surface area contributed by atoms with Gasteiger partial charge in [-0.2, -0.15) is 0 Å². The molecule has 2 aromatic rings. The average molecular weight is 310 g/mol. The molecule has 3 nitrogen and oxygen atoms in total. The van der Waals surface area contributed by atoms with Crippen molar-refractivity contribution < 1.29 is 9.21 Å². The van der Waals surface area contributed by atoms with Crippen LogP contribution in [0.3, 0.4) is 0 Å². The van der Waals surface area contributed by atoms with Crippen LogP contribution in [0, 0.1) is 0 Å². The second kappa shape index (κ2) is 7.41. The summed E-state index contributed by atoms with van der Waals surface area (Å²) in [5, 5.41) is 3.45. The first-order valence-electron chi connectivity index (χ1n) is 6.39. The zero-order chi connectivity index (χ0) is 14.4. The van der Waals surface area contributed by atoms with Gasteiger partial charge in [0, 0.05) is 10.7 Å². The van der Waals surface area contributed by atoms with Gasteiger partial charge < -0.3 is 9.73 Å². The second-order valence-electron chi connectivity index (χ2n) is 4.28. The molecule has 0 saturated heterocycles. The van der Waals surface area contributed by atoms with Crippen molar-refractivity contribution in [1.29, 1.82) is 0 Å². The molecule has 1 heterocycles. The van der Waals surface area contributed by atoms with Crippen molar-refractivity contribution in [1.82, 2.24) is 0 Å². The lowest BCUT2D eigenvalue weighted by Crippen LogP contribution is -2.24. The van der Waals surface area contributed by atoms with Crippen LogP contribution in [0.25, 0.3) is 0 Å². The van der Waals surface area contributed by atoms with Gasteiger partial charge in [-0.25, -0.2) is 0 Å². The molecule has 0 aliphatic heterocycles. The summed E-state index contributed by atoms with van der Waals surface area (Å²) >= 11 is 7.40. The van der Waals surface area contributed by atoms with Crippen molar-refractivity contribution in [3.8, 4) is 0 Å². The van der Waals surface area contributed by atoms with E-state index in [0.29, 0.717) is 10.8 Å². The molecule has 1 amide bonds. The summed E-state index contributed by atoms with van der Waals surface area (Å²) in [6.07, 6.45) is 2.41.